The summed E-state index contributed by atoms with van der Waals surface area (Å²) in [5.74, 6) is 0.0641. The van der Waals surface area contributed by atoms with E-state index in [1.165, 1.54) is 0 Å². The van der Waals surface area contributed by atoms with Gasteiger partial charge in [0.2, 0.25) is 5.95 Å². The molecule has 0 unspecified atom stereocenters. The maximum atomic E-state index is 14.3. The summed E-state index contributed by atoms with van der Waals surface area (Å²) < 4.78 is 19.5. The van der Waals surface area contributed by atoms with E-state index >= 15 is 0 Å². The first-order chi connectivity index (χ1) is 16.5. The van der Waals surface area contributed by atoms with Crippen molar-refractivity contribution < 1.29 is 13.9 Å². The molecule has 0 radical (unpaired) electrons. The number of amides is 1. The minimum atomic E-state index is -0.616. The first-order valence-corrected chi connectivity index (χ1v) is 10.8. The molecule has 0 spiro atoms. The molecular weight excluding hydrogens is 437 g/mol. The van der Waals surface area contributed by atoms with Crippen LogP contribution in [0.15, 0.2) is 54.7 Å². The van der Waals surface area contributed by atoms with Gasteiger partial charge in [-0.05, 0) is 49.5 Å². The Hall–Kier alpha value is -4.23. The molecule has 2 heterocycles. The molecule has 0 atom stereocenters. The Balaban J connectivity index is 1.44. The molecule has 3 aromatic rings. The van der Waals surface area contributed by atoms with Gasteiger partial charge in [0, 0.05) is 43.1 Å². The number of ether oxygens (including phenoxy) is 1. The molecule has 1 fully saturated rings. The molecule has 0 bridgehead atoms. The van der Waals surface area contributed by atoms with E-state index in [1.807, 2.05) is 18.0 Å². The average Bonchev–Trinajstić information content (AvgIpc) is 2.86. The van der Waals surface area contributed by atoms with E-state index in [0.29, 0.717) is 35.8 Å². The van der Waals surface area contributed by atoms with Gasteiger partial charge in [0.05, 0.1) is 6.20 Å². The lowest BCUT2D eigenvalue weighted by Crippen LogP contribution is -2.47. The van der Waals surface area contributed by atoms with E-state index in [4.69, 9.17) is 10.00 Å². The Bertz CT molecular complexity index is 1190. The summed E-state index contributed by atoms with van der Waals surface area (Å²) >= 11 is 0. The lowest BCUT2D eigenvalue weighted by Gasteiger charge is -2.32. The predicted molar refractivity (Wildman–Crippen MR) is 126 cm³/mol. The molecule has 1 aliphatic rings. The number of nitrogens with zero attached hydrogens (tertiary/aromatic N) is 5. The van der Waals surface area contributed by atoms with Gasteiger partial charge in [-0.3, -0.25) is 4.79 Å². The number of piperazine rings is 1. The summed E-state index contributed by atoms with van der Waals surface area (Å²) in [5, 5.41) is 14.5. The third kappa shape index (κ3) is 5.76. The molecule has 9 nitrogen and oxygen atoms in total. The van der Waals surface area contributed by atoms with Crippen LogP contribution in [0.3, 0.4) is 0 Å². The monoisotopic (exact) mass is 461 g/mol. The number of carbonyl (C=O) groups is 1. The highest BCUT2D eigenvalue weighted by Crippen LogP contribution is 2.23. The van der Waals surface area contributed by atoms with E-state index in [9.17, 15) is 9.18 Å². The van der Waals surface area contributed by atoms with Gasteiger partial charge in [0.25, 0.3) is 5.91 Å². The van der Waals surface area contributed by atoms with Gasteiger partial charge in [-0.25, -0.2) is 9.37 Å². The molecule has 1 amide bonds. The second-order valence-corrected chi connectivity index (χ2v) is 7.79. The van der Waals surface area contributed by atoms with Crippen molar-refractivity contribution in [3.05, 3.63) is 66.1 Å². The van der Waals surface area contributed by atoms with Gasteiger partial charge in [0.15, 0.2) is 18.2 Å². The summed E-state index contributed by atoms with van der Waals surface area (Å²) in [4.78, 5) is 25.1. The van der Waals surface area contributed by atoms with Crippen molar-refractivity contribution in [2.24, 2.45) is 0 Å². The highest BCUT2D eigenvalue weighted by molar-refractivity contribution is 5.95. The molecule has 0 saturated carbocycles. The standard InChI is InChI=1S/C24H24FN7O2/c1-31-10-12-32(13-11-31)23(33)17-3-2-4-19(15-17)29-24-27-16-21(25)22(30-24)28-18-5-7-20(8-6-18)34-14-9-26/h2-8,15-16H,10-14H2,1H3,(H2,27,28,29,30). The van der Waals surface area contributed by atoms with Gasteiger partial charge < -0.3 is 25.2 Å². The average molecular weight is 462 g/mol. The topological polar surface area (TPSA) is 106 Å². The number of nitriles is 1. The van der Waals surface area contributed by atoms with E-state index in [2.05, 4.69) is 25.5 Å². The second kappa shape index (κ2) is 10.6. The van der Waals surface area contributed by atoms with Gasteiger partial charge in [-0.2, -0.15) is 10.2 Å². The van der Waals surface area contributed by atoms with Crippen LogP contribution < -0.4 is 15.4 Å². The molecule has 1 saturated heterocycles. The Morgan fingerprint density at radius 3 is 2.62 bits per heavy atom. The summed E-state index contributed by atoms with van der Waals surface area (Å²) in [6.45, 7) is 3.02. The Kier molecular flexibility index (Phi) is 7.15. The predicted octanol–water partition coefficient (Wildman–Crippen LogP) is 3.39. The first kappa shape index (κ1) is 22.9. The lowest BCUT2D eigenvalue weighted by atomic mass is 10.1. The van der Waals surface area contributed by atoms with Crippen LogP contribution in [0.4, 0.5) is 27.5 Å². The minimum Gasteiger partial charge on any atom is -0.479 e. The van der Waals surface area contributed by atoms with E-state index in [0.717, 1.165) is 19.3 Å². The maximum absolute atomic E-state index is 14.3. The smallest absolute Gasteiger partial charge is 0.254 e. The third-order valence-electron chi connectivity index (χ3n) is 5.32. The summed E-state index contributed by atoms with van der Waals surface area (Å²) in [7, 11) is 2.04. The van der Waals surface area contributed by atoms with Gasteiger partial charge in [-0.15, -0.1) is 0 Å². The number of likely N-dealkylation sites (N-methyl/N-ethyl adjacent to an activating group) is 1. The number of hydrogen-bond acceptors (Lipinski definition) is 8. The third-order valence-corrected chi connectivity index (χ3v) is 5.32. The number of benzene rings is 2. The number of rotatable bonds is 7. The van der Waals surface area contributed by atoms with E-state index < -0.39 is 5.82 Å². The van der Waals surface area contributed by atoms with Crippen LogP contribution in [-0.2, 0) is 0 Å². The van der Waals surface area contributed by atoms with E-state index in [-0.39, 0.29) is 24.3 Å². The number of aromatic nitrogens is 2. The Morgan fingerprint density at radius 2 is 1.88 bits per heavy atom. The van der Waals surface area contributed by atoms with Crippen molar-refractivity contribution in [3.8, 4) is 11.8 Å². The van der Waals surface area contributed by atoms with Crippen LogP contribution in [0, 0.1) is 17.1 Å². The fraction of sp³-hybridized carbons (Fsp3) is 0.250. The number of nitrogens with one attached hydrogen (secondary N) is 2. The molecule has 4 rings (SSSR count). The Morgan fingerprint density at radius 1 is 1.12 bits per heavy atom. The number of anilines is 4. The van der Waals surface area contributed by atoms with Crippen LogP contribution in [0.1, 0.15) is 10.4 Å². The Labute approximate surface area is 196 Å². The molecule has 10 heteroatoms. The molecule has 34 heavy (non-hydrogen) atoms. The zero-order chi connectivity index (χ0) is 23.9. The SMILES string of the molecule is CN1CCN(C(=O)c2cccc(Nc3ncc(F)c(Nc4ccc(OCC#N)cc4)n3)c2)CC1. The van der Waals surface area contributed by atoms with Gasteiger partial charge in [-0.1, -0.05) is 6.07 Å². The first-order valence-electron chi connectivity index (χ1n) is 10.8. The highest BCUT2D eigenvalue weighted by atomic mass is 19.1. The van der Waals surface area contributed by atoms with Crippen molar-refractivity contribution in [3.63, 3.8) is 0 Å². The molecule has 2 N–H and O–H groups in total. The van der Waals surface area contributed by atoms with Gasteiger partial charge >= 0.3 is 0 Å². The van der Waals surface area contributed by atoms with Crippen LogP contribution in [0.25, 0.3) is 0 Å². The summed E-state index contributed by atoms with van der Waals surface area (Å²) in [6, 6.07) is 15.7. The van der Waals surface area contributed by atoms with Gasteiger partial charge in [0.1, 0.15) is 11.8 Å². The number of carbonyl (C=O) groups excluding carboxylic acids is 1. The fourth-order valence-electron chi connectivity index (χ4n) is 3.45. The summed E-state index contributed by atoms with van der Waals surface area (Å²) in [5.41, 5.74) is 1.78. The van der Waals surface area contributed by atoms with Crippen molar-refractivity contribution in [2.75, 3.05) is 50.5 Å². The largest absolute Gasteiger partial charge is 0.479 e. The molecule has 2 aromatic carbocycles. The second-order valence-electron chi connectivity index (χ2n) is 7.79. The minimum absolute atomic E-state index is 0.00661. The van der Waals surface area contributed by atoms with E-state index in [1.54, 1.807) is 48.5 Å². The van der Waals surface area contributed by atoms with Crippen molar-refractivity contribution in [1.82, 2.24) is 19.8 Å². The quantitative estimate of drug-likeness (QED) is 0.552. The summed E-state index contributed by atoms with van der Waals surface area (Å²) in [6.07, 6.45) is 1.07. The molecule has 1 aliphatic heterocycles. The molecular formula is C24H24FN7O2. The van der Waals surface area contributed by atoms with Crippen LogP contribution in [-0.4, -0.2) is 65.5 Å². The molecule has 0 aliphatic carbocycles. The molecule has 174 valence electrons. The molecule has 1 aromatic heterocycles. The van der Waals surface area contributed by atoms with Crippen molar-refractivity contribution >= 4 is 29.0 Å². The lowest BCUT2D eigenvalue weighted by molar-refractivity contribution is 0.0664. The number of halogens is 1. The van der Waals surface area contributed by atoms with Crippen LogP contribution in [0.5, 0.6) is 5.75 Å². The fourth-order valence-corrected chi connectivity index (χ4v) is 3.45. The zero-order valence-electron chi connectivity index (χ0n) is 18.7. The van der Waals surface area contributed by atoms with Crippen LogP contribution >= 0.6 is 0 Å². The van der Waals surface area contributed by atoms with Crippen molar-refractivity contribution in [1.29, 1.82) is 5.26 Å². The number of hydrogen-bond donors (Lipinski definition) is 2. The van der Waals surface area contributed by atoms with Crippen molar-refractivity contribution in [2.45, 2.75) is 0 Å². The highest BCUT2D eigenvalue weighted by Gasteiger charge is 2.20. The maximum Gasteiger partial charge on any atom is 0.254 e. The van der Waals surface area contributed by atoms with Crippen LogP contribution in [0.2, 0.25) is 0 Å². The normalized spacial score (nSPS) is 13.7. The zero-order valence-corrected chi connectivity index (χ0v) is 18.7.